The molecule has 6 radical (unpaired) electrons. The van der Waals surface area contributed by atoms with Crippen LogP contribution in [0.15, 0.2) is 291 Å². The number of unbranched alkanes of at least 4 members (excludes halogenated alkanes) is 4. The largest absolute Gasteiger partial charge is 0.0654 e. The van der Waals surface area contributed by atoms with Crippen LogP contribution in [0.2, 0.25) is 0 Å². The highest BCUT2D eigenvalue weighted by Gasteiger charge is 2.19. The molecule has 0 fully saturated rings. The monoisotopic (exact) mass is 1070 g/mol. The smallest absolute Gasteiger partial charge is 0.000753 e. The van der Waals surface area contributed by atoms with Gasteiger partial charge in [0.2, 0.25) is 0 Å². The van der Waals surface area contributed by atoms with Crippen LogP contribution in [0.5, 0.6) is 0 Å². The summed E-state index contributed by atoms with van der Waals surface area (Å²) in [5.41, 5.74) is 5.69. The lowest BCUT2D eigenvalue weighted by atomic mass is 10.2. The van der Waals surface area contributed by atoms with Crippen LogP contribution < -0.4 is 42.4 Å². The van der Waals surface area contributed by atoms with Gasteiger partial charge in [-0.15, -0.1) is 0 Å². The van der Waals surface area contributed by atoms with Crippen LogP contribution >= 0.6 is 31.7 Å². The summed E-state index contributed by atoms with van der Waals surface area (Å²) in [7, 11) is -1.77. The van der Waals surface area contributed by atoms with Crippen LogP contribution in [0.1, 0.15) is 68.2 Å². The standard InChI is InChI=1S/2C32H28P2.C7H16.2B/c2*1-5-16-29(17-6-1)33(30-18-7-2-8-19-30)25-27-14-13-15-28(24-27)26-34(31-20-9-3-10-21-31)32-22-11-4-12-23-32;1-3-5-7-6-4-2;;/h2*1-24H,25-26H2;3-7H2,1-2H3;;. The summed E-state index contributed by atoms with van der Waals surface area (Å²) in [6.07, 6.45) is 11.3. The normalized spacial score (nSPS) is 10.7. The first kappa shape index (κ1) is 60.3. The van der Waals surface area contributed by atoms with E-state index in [9.17, 15) is 0 Å². The first-order valence-corrected chi connectivity index (χ1v) is 32.9. The molecule has 0 saturated carbocycles. The summed E-state index contributed by atoms with van der Waals surface area (Å²) >= 11 is 0. The topological polar surface area (TPSA) is 0 Å². The Balaban J connectivity index is 0.000000217. The van der Waals surface area contributed by atoms with E-state index in [0.29, 0.717) is 0 Å². The molecule has 0 saturated heterocycles. The van der Waals surface area contributed by atoms with Gasteiger partial charge in [-0.2, -0.15) is 0 Å². The number of benzene rings is 10. The Kier molecular flexibility index (Phi) is 26.7. The summed E-state index contributed by atoms with van der Waals surface area (Å²) in [5.74, 6) is 0. The minimum atomic E-state index is -0.442. The van der Waals surface area contributed by atoms with Gasteiger partial charge in [-0.25, -0.2) is 0 Å². The molecule has 0 aliphatic carbocycles. The van der Waals surface area contributed by atoms with Crippen molar-refractivity contribution in [1.82, 2.24) is 0 Å². The molecule has 0 aliphatic heterocycles. The van der Waals surface area contributed by atoms with Gasteiger partial charge in [0.05, 0.1) is 0 Å². The maximum absolute atomic E-state index is 2.45. The van der Waals surface area contributed by atoms with Gasteiger partial charge in [0.15, 0.2) is 0 Å². The van der Waals surface area contributed by atoms with E-state index in [2.05, 4.69) is 305 Å². The third kappa shape index (κ3) is 19.2. The molecular weight excluding hydrogens is 998 g/mol. The molecule has 0 heterocycles. The van der Waals surface area contributed by atoms with Crippen molar-refractivity contribution in [3.05, 3.63) is 313 Å². The first-order chi connectivity index (χ1) is 37.1. The summed E-state index contributed by atoms with van der Waals surface area (Å²) in [6, 6.07) is 107. The fourth-order valence-electron chi connectivity index (χ4n) is 9.25. The third-order valence-electron chi connectivity index (χ3n) is 13.1. The average Bonchev–Trinajstić information content (AvgIpc) is 3.49. The molecule has 6 heteroatoms. The van der Waals surface area contributed by atoms with E-state index in [-0.39, 0.29) is 16.8 Å². The van der Waals surface area contributed by atoms with Gasteiger partial charge >= 0.3 is 0 Å². The van der Waals surface area contributed by atoms with Crippen LogP contribution in [-0.4, -0.2) is 16.8 Å². The number of hydrogen-bond acceptors (Lipinski definition) is 0. The van der Waals surface area contributed by atoms with Gasteiger partial charge in [0.25, 0.3) is 0 Å². The average molecular weight is 1070 g/mol. The molecule has 10 rings (SSSR count). The highest BCUT2D eigenvalue weighted by Crippen LogP contribution is 2.42. The molecule has 10 aromatic carbocycles. The molecule has 382 valence electrons. The molecule has 0 amide bonds. The predicted octanol–water partition coefficient (Wildman–Crippen LogP) is 16.1. The van der Waals surface area contributed by atoms with Gasteiger partial charge in [-0.05, 0) is 96.4 Å². The molecule has 0 aromatic heterocycles. The van der Waals surface area contributed by atoms with E-state index in [4.69, 9.17) is 0 Å². The van der Waals surface area contributed by atoms with E-state index in [1.54, 1.807) is 0 Å². The van der Waals surface area contributed by atoms with Gasteiger partial charge in [-0.1, -0.05) is 337 Å². The molecule has 0 unspecified atom stereocenters. The SMILES string of the molecule is CCCCCCC.[B].[B].c1ccc(P(Cc2cccc(CP(c3ccccc3)c3ccccc3)c2)c2ccccc2)cc1.c1ccc(P(Cc2cccc(CP(c3ccccc3)c3ccccc3)c2)c2ccccc2)cc1. The van der Waals surface area contributed by atoms with E-state index in [1.165, 1.54) is 96.8 Å². The maximum Gasteiger partial charge on any atom is 0.000753 e. The van der Waals surface area contributed by atoms with Crippen molar-refractivity contribution in [2.45, 2.75) is 70.6 Å². The third-order valence-corrected chi connectivity index (χ3v) is 23.2. The zero-order valence-corrected chi connectivity index (χ0v) is 48.6. The Bertz CT molecular complexity index is 2530. The zero-order chi connectivity index (χ0) is 51.5. The molecular formula is C71H72B2P4. The van der Waals surface area contributed by atoms with E-state index in [0.717, 1.165) is 24.6 Å². The predicted molar refractivity (Wildman–Crippen MR) is 350 cm³/mol. The molecule has 0 aliphatic rings. The Labute approximate surface area is 472 Å². The highest BCUT2D eigenvalue weighted by atomic mass is 31.1. The number of hydrogen-bond donors (Lipinski definition) is 0. The molecule has 0 atom stereocenters. The minimum Gasteiger partial charge on any atom is -0.0654 e. The molecule has 0 N–H and O–H groups in total. The van der Waals surface area contributed by atoms with Crippen molar-refractivity contribution in [2.24, 2.45) is 0 Å². The van der Waals surface area contributed by atoms with E-state index in [1.807, 2.05) is 0 Å². The molecule has 0 bridgehead atoms. The minimum absolute atomic E-state index is 0. The van der Waals surface area contributed by atoms with Crippen LogP contribution in [0.4, 0.5) is 0 Å². The van der Waals surface area contributed by atoms with Crippen LogP contribution in [-0.2, 0) is 24.6 Å². The van der Waals surface area contributed by atoms with E-state index >= 15 is 0 Å². The number of rotatable bonds is 20. The Morgan fingerprint density at radius 3 is 0.532 bits per heavy atom. The lowest BCUT2D eigenvalue weighted by molar-refractivity contribution is 0.656. The van der Waals surface area contributed by atoms with Gasteiger partial charge < -0.3 is 0 Å². The summed E-state index contributed by atoms with van der Waals surface area (Å²) < 4.78 is 0. The van der Waals surface area contributed by atoms with Crippen molar-refractivity contribution >= 4 is 90.9 Å². The summed E-state index contributed by atoms with van der Waals surface area (Å²) in [4.78, 5) is 0. The van der Waals surface area contributed by atoms with Crippen molar-refractivity contribution in [3.8, 4) is 0 Å². The molecule has 0 spiro atoms. The summed E-state index contributed by atoms with van der Waals surface area (Å²) in [6.45, 7) is 4.49. The van der Waals surface area contributed by atoms with Crippen molar-refractivity contribution in [3.63, 3.8) is 0 Å². The second-order valence-corrected chi connectivity index (χ2v) is 27.5. The Morgan fingerprint density at radius 2 is 0.377 bits per heavy atom. The lowest BCUT2D eigenvalue weighted by Gasteiger charge is -2.21. The fourth-order valence-corrected chi connectivity index (χ4v) is 18.4. The first-order valence-electron chi connectivity index (χ1n) is 26.8. The molecule has 10 aromatic rings. The Morgan fingerprint density at radius 1 is 0.208 bits per heavy atom. The maximum atomic E-state index is 2.45. The van der Waals surface area contributed by atoms with Crippen molar-refractivity contribution < 1.29 is 0 Å². The van der Waals surface area contributed by atoms with Crippen LogP contribution in [0.3, 0.4) is 0 Å². The van der Waals surface area contributed by atoms with E-state index < -0.39 is 31.7 Å². The molecule has 0 nitrogen and oxygen atoms in total. The Hall–Kier alpha value is -5.95. The van der Waals surface area contributed by atoms with Crippen molar-refractivity contribution in [1.29, 1.82) is 0 Å². The van der Waals surface area contributed by atoms with Crippen molar-refractivity contribution in [2.75, 3.05) is 0 Å². The van der Waals surface area contributed by atoms with Gasteiger partial charge in [-0.3, -0.25) is 0 Å². The molecule has 77 heavy (non-hydrogen) atoms. The highest BCUT2D eigenvalue weighted by molar-refractivity contribution is 7.73. The van der Waals surface area contributed by atoms with Crippen LogP contribution in [0, 0.1) is 0 Å². The second-order valence-electron chi connectivity index (χ2n) is 18.7. The fraction of sp³-hybridized carbons (Fsp3) is 0.155. The quantitative estimate of drug-likeness (QED) is 0.0405. The zero-order valence-electron chi connectivity index (χ0n) is 45.0. The van der Waals surface area contributed by atoms with Gasteiger partial charge in [0, 0.05) is 41.5 Å². The van der Waals surface area contributed by atoms with Gasteiger partial charge in [0.1, 0.15) is 0 Å². The lowest BCUT2D eigenvalue weighted by Crippen LogP contribution is -2.14. The second kappa shape index (κ2) is 34.0. The van der Waals surface area contributed by atoms with Crippen LogP contribution in [0.25, 0.3) is 0 Å². The summed E-state index contributed by atoms with van der Waals surface area (Å²) in [5, 5.41) is 11.5.